The monoisotopic (exact) mass is 371 g/mol. The molecule has 0 aliphatic rings. The van der Waals surface area contributed by atoms with Crippen molar-refractivity contribution in [2.75, 3.05) is 0 Å². The molecule has 8 heteroatoms. The van der Waals surface area contributed by atoms with Gasteiger partial charge < -0.3 is 21.8 Å². The number of aromatic nitrogens is 2. The van der Waals surface area contributed by atoms with Crippen LogP contribution in [0.15, 0.2) is 35.8 Å². The van der Waals surface area contributed by atoms with Gasteiger partial charge in [0, 0.05) is 28.9 Å². The second-order valence-corrected chi connectivity index (χ2v) is 6.97. The van der Waals surface area contributed by atoms with E-state index in [0.29, 0.717) is 11.4 Å². The molecule has 1 aromatic carbocycles. The highest BCUT2D eigenvalue weighted by molar-refractivity contribution is 7.09. The standard InChI is InChI=1S/C18H21N5O2S/c1-2-12(19)18-23-15(9-26-18)17(25)22-14(16(20)24)7-10-8-21-13-6-4-3-5-11(10)13/h3-6,8-9,12,14,21H,2,7,19H2,1H3,(H2,20,24)(H,22,25). The number of carbonyl (C=O) groups is 2. The molecule has 0 bridgehead atoms. The Hall–Kier alpha value is -2.71. The van der Waals surface area contributed by atoms with E-state index >= 15 is 0 Å². The predicted molar refractivity (Wildman–Crippen MR) is 102 cm³/mol. The molecule has 2 amide bonds. The summed E-state index contributed by atoms with van der Waals surface area (Å²) >= 11 is 1.34. The average Bonchev–Trinajstić information content (AvgIpc) is 3.28. The molecule has 7 nitrogen and oxygen atoms in total. The smallest absolute Gasteiger partial charge is 0.271 e. The van der Waals surface area contributed by atoms with E-state index in [4.69, 9.17) is 11.5 Å². The molecule has 0 radical (unpaired) electrons. The number of para-hydroxylation sites is 1. The Bertz CT molecular complexity index is 932. The minimum absolute atomic E-state index is 0.195. The highest BCUT2D eigenvalue weighted by atomic mass is 32.1. The Morgan fingerprint density at radius 3 is 2.85 bits per heavy atom. The van der Waals surface area contributed by atoms with Crippen LogP contribution in [0.1, 0.15) is 40.4 Å². The highest BCUT2D eigenvalue weighted by Crippen LogP contribution is 2.20. The fraction of sp³-hybridized carbons (Fsp3) is 0.278. The summed E-state index contributed by atoms with van der Waals surface area (Å²) in [5.41, 5.74) is 13.6. The molecule has 2 atom stereocenters. The number of amides is 2. The molecular formula is C18H21N5O2S. The summed E-state index contributed by atoms with van der Waals surface area (Å²) in [7, 11) is 0. The first-order chi connectivity index (χ1) is 12.5. The molecule has 0 aliphatic heterocycles. The minimum atomic E-state index is -0.827. The van der Waals surface area contributed by atoms with Crippen molar-refractivity contribution in [3.8, 4) is 0 Å². The third-order valence-corrected chi connectivity index (χ3v) is 5.24. The number of nitrogens with one attached hydrogen (secondary N) is 2. The van der Waals surface area contributed by atoms with E-state index in [1.54, 1.807) is 5.38 Å². The lowest BCUT2D eigenvalue weighted by molar-refractivity contribution is -0.119. The maximum Gasteiger partial charge on any atom is 0.271 e. The van der Waals surface area contributed by atoms with Crippen LogP contribution in [0.5, 0.6) is 0 Å². The highest BCUT2D eigenvalue weighted by Gasteiger charge is 2.22. The molecule has 0 spiro atoms. The van der Waals surface area contributed by atoms with E-state index in [9.17, 15) is 9.59 Å². The van der Waals surface area contributed by atoms with Crippen molar-refractivity contribution in [1.82, 2.24) is 15.3 Å². The number of nitrogens with zero attached hydrogens (tertiary/aromatic N) is 1. The number of thiazole rings is 1. The number of nitrogens with two attached hydrogens (primary N) is 2. The summed E-state index contributed by atoms with van der Waals surface area (Å²) in [6, 6.07) is 6.73. The summed E-state index contributed by atoms with van der Waals surface area (Å²) in [5.74, 6) is -1.02. The summed E-state index contributed by atoms with van der Waals surface area (Å²) in [6.45, 7) is 1.95. The van der Waals surface area contributed by atoms with Gasteiger partial charge in [0.05, 0.1) is 6.04 Å². The fourth-order valence-corrected chi connectivity index (χ4v) is 3.60. The summed E-state index contributed by atoms with van der Waals surface area (Å²) < 4.78 is 0. The number of carbonyl (C=O) groups excluding carboxylic acids is 2. The molecule has 0 saturated heterocycles. The van der Waals surface area contributed by atoms with Gasteiger partial charge in [-0.2, -0.15) is 0 Å². The average molecular weight is 371 g/mol. The first-order valence-electron chi connectivity index (χ1n) is 8.35. The maximum absolute atomic E-state index is 12.5. The fourth-order valence-electron chi connectivity index (χ4n) is 2.71. The molecule has 0 saturated carbocycles. The van der Waals surface area contributed by atoms with Gasteiger partial charge in [-0.3, -0.25) is 9.59 Å². The number of aromatic amines is 1. The summed E-state index contributed by atoms with van der Waals surface area (Å²) in [5, 5.41) is 6.02. The maximum atomic E-state index is 12.5. The van der Waals surface area contributed by atoms with E-state index in [0.717, 1.165) is 22.9 Å². The van der Waals surface area contributed by atoms with Gasteiger partial charge in [0.25, 0.3) is 5.91 Å². The van der Waals surface area contributed by atoms with Gasteiger partial charge in [-0.25, -0.2) is 4.98 Å². The van der Waals surface area contributed by atoms with E-state index in [-0.39, 0.29) is 11.7 Å². The number of H-pyrrole nitrogens is 1. The number of hydrogen-bond donors (Lipinski definition) is 4. The lowest BCUT2D eigenvalue weighted by Gasteiger charge is -2.14. The Morgan fingerprint density at radius 2 is 2.12 bits per heavy atom. The van der Waals surface area contributed by atoms with E-state index in [1.165, 1.54) is 11.3 Å². The second kappa shape index (κ2) is 7.67. The van der Waals surface area contributed by atoms with Crippen molar-refractivity contribution in [2.24, 2.45) is 11.5 Å². The van der Waals surface area contributed by atoms with Crippen LogP contribution in [0.3, 0.4) is 0 Å². The number of rotatable bonds is 7. The molecule has 0 fully saturated rings. The van der Waals surface area contributed by atoms with Gasteiger partial charge in [0.2, 0.25) is 5.91 Å². The zero-order chi connectivity index (χ0) is 18.7. The van der Waals surface area contributed by atoms with Crippen LogP contribution in [0.25, 0.3) is 10.9 Å². The van der Waals surface area contributed by atoms with Crippen LogP contribution >= 0.6 is 11.3 Å². The molecule has 26 heavy (non-hydrogen) atoms. The number of primary amides is 1. The first kappa shape index (κ1) is 18.1. The Kier molecular flexibility index (Phi) is 5.34. The first-order valence-corrected chi connectivity index (χ1v) is 9.23. The van der Waals surface area contributed by atoms with Gasteiger partial charge in [-0.1, -0.05) is 25.1 Å². The van der Waals surface area contributed by atoms with Crippen molar-refractivity contribution < 1.29 is 9.59 Å². The Balaban J connectivity index is 1.75. The van der Waals surface area contributed by atoms with E-state index < -0.39 is 17.9 Å². The van der Waals surface area contributed by atoms with Gasteiger partial charge in [-0.05, 0) is 18.1 Å². The Labute approximate surface area is 154 Å². The zero-order valence-electron chi connectivity index (χ0n) is 14.4. The van der Waals surface area contributed by atoms with Crippen molar-refractivity contribution >= 4 is 34.1 Å². The number of fused-ring (bicyclic) bond motifs is 1. The van der Waals surface area contributed by atoms with Crippen molar-refractivity contribution in [3.05, 3.63) is 52.1 Å². The minimum Gasteiger partial charge on any atom is -0.368 e. The molecular weight excluding hydrogens is 350 g/mol. The largest absolute Gasteiger partial charge is 0.368 e. The SMILES string of the molecule is CCC(N)c1nc(C(=O)NC(Cc2c[nH]c3ccccc23)C(N)=O)cs1. The molecule has 3 aromatic rings. The Morgan fingerprint density at radius 1 is 1.35 bits per heavy atom. The number of hydrogen-bond acceptors (Lipinski definition) is 5. The molecule has 3 rings (SSSR count). The van der Waals surface area contributed by atoms with Crippen LogP contribution < -0.4 is 16.8 Å². The van der Waals surface area contributed by atoms with Gasteiger partial charge >= 0.3 is 0 Å². The normalized spacial score (nSPS) is 13.5. The van der Waals surface area contributed by atoms with Crippen LogP contribution in [0.4, 0.5) is 0 Å². The van der Waals surface area contributed by atoms with Crippen LogP contribution in [-0.2, 0) is 11.2 Å². The topological polar surface area (TPSA) is 127 Å². The number of benzene rings is 1. The van der Waals surface area contributed by atoms with Crippen molar-refractivity contribution in [2.45, 2.75) is 31.8 Å². The molecule has 6 N–H and O–H groups in total. The van der Waals surface area contributed by atoms with Crippen molar-refractivity contribution in [1.29, 1.82) is 0 Å². The van der Waals surface area contributed by atoms with Crippen molar-refractivity contribution in [3.63, 3.8) is 0 Å². The quantitative estimate of drug-likeness (QED) is 0.505. The molecule has 0 aliphatic carbocycles. The molecule has 2 heterocycles. The van der Waals surface area contributed by atoms with Gasteiger partial charge in [-0.15, -0.1) is 11.3 Å². The summed E-state index contributed by atoms with van der Waals surface area (Å²) in [4.78, 5) is 31.7. The van der Waals surface area contributed by atoms with Crippen LogP contribution in [0, 0.1) is 0 Å². The van der Waals surface area contributed by atoms with E-state index in [1.807, 2.05) is 37.4 Å². The molecule has 2 aromatic heterocycles. The predicted octanol–water partition coefficient (Wildman–Crippen LogP) is 1.86. The molecule has 136 valence electrons. The van der Waals surface area contributed by atoms with Crippen LogP contribution in [-0.4, -0.2) is 27.8 Å². The van der Waals surface area contributed by atoms with Gasteiger partial charge in [0.15, 0.2) is 0 Å². The lowest BCUT2D eigenvalue weighted by Crippen LogP contribution is -2.46. The molecule has 2 unspecified atom stereocenters. The van der Waals surface area contributed by atoms with E-state index in [2.05, 4.69) is 15.3 Å². The second-order valence-electron chi connectivity index (χ2n) is 6.08. The van der Waals surface area contributed by atoms with Gasteiger partial charge in [0.1, 0.15) is 16.7 Å². The summed E-state index contributed by atoms with van der Waals surface area (Å²) in [6.07, 6.45) is 2.86. The zero-order valence-corrected chi connectivity index (χ0v) is 15.2. The third kappa shape index (κ3) is 3.76. The lowest BCUT2D eigenvalue weighted by atomic mass is 10.0. The third-order valence-electron chi connectivity index (χ3n) is 4.26. The van der Waals surface area contributed by atoms with Crippen LogP contribution in [0.2, 0.25) is 0 Å².